The Kier molecular flexibility index (Phi) is 5.20. The summed E-state index contributed by atoms with van der Waals surface area (Å²) >= 11 is 0. The first-order valence-corrected chi connectivity index (χ1v) is 9.74. The van der Waals surface area contributed by atoms with Crippen molar-refractivity contribution >= 4 is 16.9 Å². The van der Waals surface area contributed by atoms with Gasteiger partial charge in [-0.2, -0.15) is 5.10 Å². The van der Waals surface area contributed by atoms with E-state index >= 15 is 0 Å². The summed E-state index contributed by atoms with van der Waals surface area (Å²) in [6.07, 6.45) is 4.85. The number of fused-ring (bicyclic) bond motifs is 1. The number of nitrogens with zero attached hydrogens (tertiary/aromatic N) is 4. The van der Waals surface area contributed by atoms with Gasteiger partial charge < -0.3 is 15.2 Å². The van der Waals surface area contributed by atoms with E-state index in [-0.39, 0.29) is 5.91 Å². The van der Waals surface area contributed by atoms with Gasteiger partial charge >= 0.3 is 0 Å². The predicted molar refractivity (Wildman–Crippen MR) is 105 cm³/mol. The number of carbonyl (C=O) groups excluding carboxylic acids is 1. The smallest absolute Gasteiger partial charge is 0.271 e. The van der Waals surface area contributed by atoms with Gasteiger partial charge in [0.15, 0.2) is 0 Å². The maximum Gasteiger partial charge on any atom is 0.271 e. The van der Waals surface area contributed by atoms with E-state index in [0.717, 1.165) is 49.3 Å². The first-order valence-electron chi connectivity index (χ1n) is 9.74. The molecule has 7 nitrogen and oxygen atoms in total. The largest absolute Gasteiger partial charge is 0.350 e. The predicted octanol–water partition coefficient (Wildman–Crippen LogP) is 2.15. The maximum atomic E-state index is 12.4. The molecule has 1 atom stereocenters. The van der Waals surface area contributed by atoms with E-state index in [4.69, 9.17) is 4.98 Å². The fourth-order valence-corrected chi connectivity index (χ4v) is 3.77. The van der Waals surface area contributed by atoms with Crippen LogP contribution in [-0.2, 0) is 13.0 Å². The first-order chi connectivity index (χ1) is 13.3. The van der Waals surface area contributed by atoms with Crippen molar-refractivity contribution in [3.8, 4) is 0 Å². The Balaban J connectivity index is 1.37. The minimum atomic E-state index is -0.128. The van der Waals surface area contributed by atoms with Gasteiger partial charge in [0.05, 0.1) is 17.1 Å². The summed E-state index contributed by atoms with van der Waals surface area (Å²) in [7, 11) is 0. The van der Waals surface area contributed by atoms with Crippen molar-refractivity contribution in [2.24, 2.45) is 0 Å². The van der Waals surface area contributed by atoms with E-state index in [2.05, 4.69) is 33.3 Å². The molecule has 2 aromatic heterocycles. The van der Waals surface area contributed by atoms with Crippen molar-refractivity contribution in [3.05, 3.63) is 48.0 Å². The summed E-state index contributed by atoms with van der Waals surface area (Å²) in [6, 6.07) is 10.3. The van der Waals surface area contributed by atoms with Crippen LogP contribution < -0.4 is 10.6 Å². The van der Waals surface area contributed by atoms with E-state index in [1.807, 2.05) is 29.1 Å². The zero-order valence-corrected chi connectivity index (χ0v) is 15.7. The van der Waals surface area contributed by atoms with E-state index in [0.29, 0.717) is 24.7 Å². The highest BCUT2D eigenvalue weighted by Crippen LogP contribution is 2.17. The molecule has 2 N–H and O–H groups in total. The van der Waals surface area contributed by atoms with Gasteiger partial charge in [-0.15, -0.1) is 0 Å². The van der Waals surface area contributed by atoms with Crippen molar-refractivity contribution in [1.29, 1.82) is 0 Å². The number of carbonyl (C=O) groups is 1. The third kappa shape index (κ3) is 3.73. The molecule has 3 heterocycles. The van der Waals surface area contributed by atoms with Gasteiger partial charge in [-0.25, -0.2) is 4.98 Å². The number of nitrogens with one attached hydrogen (secondary N) is 2. The number of piperidine rings is 1. The van der Waals surface area contributed by atoms with Crippen LogP contribution in [0.4, 0.5) is 0 Å². The second-order valence-electron chi connectivity index (χ2n) is 6.95. The van der Waals surface area contributed by atoms with Crippen LogP contribution in [0.2, 0.25) is 0 Å². The topological polar surface area (TPSA) is 76.8 Å². The lowest BCUT2D eigenvalue weighted by Gasteiger charge is -2.22. The maximum absolute atomic E-state index is 12.4. The normalized spacial score (nSPS) is 17.3. The van der Waals surface area contributed by atoms with Gasteiger partial charge in [-0.3, -0.25) is 9.48 Å². The minimum Gasteiger partial charge on any atom is -0.350 e. The lowest BCUT2D eigenvalue weighted by molar-refractivity contribution is 0.0947. The molecule has 0 saturated carbocycles. The molecule has 7 heteroatoms. The molecule has 1 aromatic carbocycles. The zero-order chi connectivity index (χ0) is 18.6. The van der Waals surface area contributed by atoms with E-state index in [9.17, 15) is 4.79 Å². The Morgan fingerprint density at radius 3 is 3.04 bits per heavy atom. The number of amides is 1. The number of hydrogen-bond acceptors (Lipinski definition) is 4. The van der Waals surface area contributed by atoms with Crippen molar-refractivity contribution < 1.29 is 4.79 Å². The van der Waals surface area contributed by atoms with Crippen molar-refractivity contribution in [3.63, 3.8) is 0 Å². The lowest BCUT2D eigenvalue weighted by atomic mass is 10.1. The van der Waals surface area contributed by atoms with Crippen molar-refractivity contribution in [2.75, 3.05) is 19.6 Å². The summed E-state index contributed by atoms with van der Waals surface area (Å²) in [5, 5.41) is 10.8. The van der Waals surface area contributed by atoms with Crippen LogP contribution in [0.1, 0.15) is 42.1 Å². The monoisotopic (exact) mass is 366 g/mol. The Hall–Kier alpha value is -2.67. The van der Waals surface area contributed by atoms with Crippen LogP contribution in [-0.4, -0.2) is 44.9 Å². The zero-order valence-electron chi connectivity index (χ0n) is 15.7. The molecule has 1 unspecified atom stereocenters. The summed E-state index contributed by atoms with van der Waals surface area (Å²) in [4.78, 5) is 17.1. The van der Waals surface area contributed by atoms with Gasteiger partial charge in [-0.05, 0) is 44.5 Å². The molecule has 4 rings (SSSR count). The van der Waals surface area contributed by atoms with Crippen LogP contribution in [0.3, 0.4) is 0 Å². The highest BCUT2D eigenvalue weighted by atomic mass is 16.1. The van der Waals surface area contributed by atoms with E-state index in [1.54, 1.807) is 6.07 Å². The molecule has 142 valence electrons. The minimum absolute atomic E-state index is 0.128. The molecule has 1 amide bonds. The van der Waals surface area contributed by atoms with Crippen molar-refractivity contribution in [2.45, 2.75) is 38.8 Å². The molecule has 1 saturated heterocycles. The Bertz CT molecular complexity index is 922. The van der Waals surface area contributed by atoms with Crippen LogP contribution in [0.15, 0.2) is 36.5 Å². The molecule has 0 spiro atoms. The summed E-state index contributed by atoms with van der Waals surface area (Å²) in [6.45, 7) is 5.50. The Morgan fingerprint density at radius 2 is 2.22 bits per heavy atom. The van der Waals surface area contributed by atoms with Gasteiger partial charge in [0.25, 0.3) is 5.91 Å². The summed E-state index contributed by atoms with van der Waals surface area (Å²) in [5.41, 5.74) is 2.62. The highest BCUT2D eigenvalue weighted by Gasteiger charge is 2.17. The number of aryl methyl sites for hydroxylation is 1. The van der Waals surface area contributed by atoms with Crippen LogP contribution in [0.5, 0.6) is 0 Å². The number of aromatic nitrogens is 4. The first kappa shape index (κ1) is 17.7. The lowest BCUT2D eigenvalue weighted by Crippen LogP contribution is -2.32. The van der Waals surface area contributed by atoms with Gasteiger partial charge in [0, 0.05) is 32.3 Å². The average Bonchev–Trinajstić information content (AvgIpc) is 3.33. The fourth-order valence-electron chi connectivity index (χ4n) is 3.77. The van der Waals surface area contributed by atoms with Crippen LogP contribution in [0, 0.1) is 0 Å². The highest BCUT2D eigenvalue weighted by molar-refractivity contribution is 5.92. The van der Waals surface area contributed by atoms with Crippen LogP contribution in [0.25, 0.3) is 11.0 Å². The standard InChI is InChI=1S/C20H26N6O/c1-2-25-18-8-4-3-7-16(18)23-19(25)9-12-22-20(27)17-10-13-26(24-17)15-6-5-11-21-14-15/h3-4,7-8,10,13,15,21H,2,5-6,9,11-12,14H2,1H3,(H,22,27). The third-order valence-electron chi connectivity index (χ3n) is 5.17. The molecule has 1 fully saturated rings. The molecule has 3 aromatic rings. The van der Waals surface area contributed by atoms with E-state index in [1.165, 1.54) is 0 Å². The third-order valence-corrected chi connectivity index (χ3v) is 5.17. The molecule has 1 aliphatic heterocycles. The second kappa shape index (κ2) is 7.92. The fraction of sp³-hybridized carbons (Fsp3) is 0.450. The van der Waals surface area contributed by atoms with Gasteiger partial charge in [0.2, 0.25) is 0 Å². The quantitative estimate of drug-likeness (QED) is 0.701. The molecule has 27 heavy (non-hydrogen) atoms. The number of benzene rings is 1. The van der Waals surface area contributed by atoms with Gasteiger partial charge in [0.1, 0.15) is 11.5 Å². The molecule has 0 aliphatic carbocycles. The Morgan fingerprint density at radius 1 is 1.33 bits per heavy atom. The number of para-hydroxylation sites is 2. The second-order valence-corrected chi connectivity index (χ2v) is 6.95. The number of hydrogen-bond donors (Lipinski definition) is 2. The number of imidazole rings is 1. The van der Waals surface area contributed by atoms with Crippen LogP contribution >= 0.6 is 0 Å². The summed E-state index contributed by atoms with van der Waals surface area (Å²) in [5.74, 6) is 0.870. The van der Waals surface area contributed by atoms with E-state index < -0.39 is 0 Å². The molecular weight excluding hydrogens is 340 g/mol. The molecule has 0 radical (unpaired) electrons. The average molecular weight is 366 g/mol. The Labute approximate surface area is 158 Å². The van der Waals surface area contributed by atoms with Crippen molar-refractivity contribution in [1.82, 2.24) is 30.0 Å². The molecule has 0 bridgehead atoms. The SMILES string of the molecule is CCn1c(CCNC(=O)c2ccn(C3CCCNC3)n2)nc2ccccc21. The molecule has 1 aliphatic rings. The number of rotatable bonds is 6. The summed E-state index contributed by atoms with van der Waals surface area (Å²) < 4.78 is 4.11. The molecular formula is C20H26N6O. The van der Waals surface area contributed by atoms with Gasteiger partial charge in [-0.1, -0.05) is 12.1 Å².